The number of nitrogens with one attached hydrogen (secondary N) is 1. The van der Waals surface area contributed by atoms with Crippen LogP contribution >= 0.6 is 0 Å². The van der Waals surface area contributed by atoms with Crippen LogP contribution in [0.3, 0.4) is 0 Å². The van der Waals surface area contributed by atoms with Gasteiger partial charge in [0.1, 0.15) is 18.0 Å². The Hall–Kier alpha value is -3.75. The molecule has 4 rings (SSSR count). The SMILES string of the molecule is COC(C(=O)Nc1ccc(N)c(C(=[NH2+])c2ccc(O[C@@H]3CCN(C)CC3F)cc2)c1)c1ccccc1. The van der Waals surface area contributed by atoms with Gasteiger partial charge in [-0.2, -0.15) is 0 Å². The third-order valence-electron chi connectivity index (χ3n) is 6.32. The number of nitrogens with two attached hydrogens (primary N) is 2. The fraction of sp³-hybridized carbons (Fsp3) is 0.286. The second-order valence-electron chi connectivity index (χ2n) is 8.98. The van der Waals surface area contributed by atoms with Gasteiger partial charge in [0, 0.05) is 37.1 Å². The number of carbonyl (C=O) groups excluding carboxylic acids is 1. The monoisotopic (exact) mass is 491 g/mol. The van der Waals surface area contributed by atoms with E-state index in [0.29, 0.717) is 41.4 Å². The van der Waals surface area contributed by atoms with Gasteiger partial charge < -0.3 is 25.4 Å². The zero-order valence-electron chi connectivity index (χ0n) is 20.5. The van der Waals surface area contributed by atoms with E-state index in [0.717, 1.165) is 17.7 Å². The molecule has 1 amide bonds. The van der Waals surface area contributed by atoms with Crippen LogP contribution in [0.5, 0.6) is 5.75 Å². The summed E-state index contributed by atoms with van der Waals surface area (Å²) < 4.78 is 25.6. The van der Waals surface area contributed by atoms with Crippen molar-refractivity contribution < 1.29 is 24.1 Å². The summed E-state index contributed by atoms with van der Waals surface area (Å²) in [4.78, 5) is 14.8. The second kappa shape index (κ2) is 11.3. The number of amides is 1. The smallest absolute Gasteiger partial charge is 0.258 e. The van der Waals surface area contributed by atoms with Crippen molar-refractivity contribution in [2.45, 2.75) is 24.8 Å². The van der Waals surface area contributed by atoms with Crippen LogP contribution < -0.4 is 21.2 Å². The molecule has 1 aliphatic heterocycles. The number of nitrogens with zero attached hydrogens (tertiary/aromatic N) is 1. The minimum atomic E-state index is -1.03. The number of carbonyl (C=O) groups is 1. The lowest BCUT2D eigenvalue weighted by Crippen LogP contribution is -2.45. The average Bonchev–Trinajstić information content (AvgIpc) is 2.88. The molecule has 0 radical (unpaired) electrons. The molecule has 3 atom stereocenters. The highest BCUT2D eigenvalue weighted by Crippen LogP contribution is 2.25. The minimum Gasteiger partial charge on any atom is -0.487 e. The number of hydrogen-bond acceptors (Lipinski definition) is 5. The number of halogens is 1. The number of likely N-dealkylation sites (tertiary alicyclic amines) is 1. The van der Waals surface area contributed by atoms with Gasteiger partial charge in [-0.05, 0) is 61.5 Å². The van der Waals surface area contributed by atoms with E-state index in [4.69, 9.17) is 20.6 Å². The number of anilines is 2. The standard InChI is InChI=1S/C28H31FN4O3/c1-33-15-14-25(23(29)17-33)36-21-11-8-18(9-12-21)26(31)22-16-20(10-13-24(22)30)32-28(34)27(35-2)19-6-4-3-5-7-19/h3-13,16,23,25,27,31H,14-15,17,30H2,1-2H3,(H,32,34)/p+1/t23?,25-,27?/m1/s1. The van der Waals surface area contributed by atoms with Crippen LogP contribution in [0, 0.1) is 0 Å². The Morgan fingerprint density at radius 1 is 1.14 bits per heavy atom. The summed E-state index contributed by atoms with van der Waals surface area (Å²) >= 11 is 0. The Labute approximate surface area is 210 Å². The molecule has 0 bridgehead atoms. The topological polar surface area (TPSA) is 102 Å². The molecule has 1 saturated heterocycles. The molecule has 0 spiro atoms. The lowest BCUT2D eigenvalue weighted by molar-refractivity contribution is -0.126. The molecule has 1 aliphatic rings. The first-order chi connectivity index (χ1) is 17.4. The number of benzene rings is 3. The van der Waals surface area contributed by atoms with Crippen molar-refractivity contribution in [1.82, 2.24) is 4.90 Å². The van der Waals surface area contributed by atoms with Gasteiger partial charge in [-0.25, -0.2) is 4.39 Å². The van der Waals surface area contributed by atoms with E-state index in [1.54, 1.807) is 30.3 Å². The molecule has 2 unspecified atom stereocenters. The first-order valence-corrected chi connectivity index (χ1v) is 11.9. The summed E-state index contributed by atoms with van der Waals surface area (Å²) in [5.74, 6) is 0.281. The fourth-order valence-corrected chi connectivity index (χ4v) is 4.31. The summed E-state index contributed by atoms with van der Waals surface area (Å²) in [5, 5.41) is 9.34. The molecule has 3 aromatic rings. The van der Waals surface area contributed by atoms with E-state index < -0.39 is 18.4 Å². The number of nitrogen functional groups attached to an aromatic ring is 1. The third kappa shape index (κ3) is 5.90. The van der Waals surface area contributed by atoms with Gasteiger partial charge in [0.15, 0.2) is 6.10 Å². The van der Waals surface area contributed by atoms with E-state index in [-0.39, 0.29) is 5.91 Å². The summed E-state index contributed by atoms with van der Waals surface area (Å²) in [6.07, 6.45) is -1.61. The normalized spacial score (nSPS) is 18.9. The maximum absolute atomic E-state index is 14.3. The Morgan fingerprint density at radius 3 is 2.53 bits per heavy atom. The van der Waals surface area contributed by atoms with Gasteiger partial charge in [0.25, 0.3) is 5.91 Å². The Bertz CT molecular complexity index is 1200. The molecule has 36 heavy (non-hydrogen) atoms. The van der Waals surface area contributed by atoms with E-state index in [9.17, 15) is 9.18 Å². The van der Waals surface area contributed by atoms with Crippen LogP contribution in [0.15, 0.2) is 72.8 Å². The molecule has 3 aromatic carbocycles. The maximum atomic E-state index is 14.3. The van der Waals surface area contributed by atoms with Gasteiger partial charge >= 0.3 is 0 Å². The highest BCUT2D eigenvalue weighted by atomic mass is 19.1. The number of alkyl halides is 1. The van der Waals surface area contributed by atoms with Crippen LogP contribution in [0.25, 0.3) is 0 Å². The zero-order valence-corrected chi connectivity index (χ0v) is 20.5. The summed E-state index contributed by atoms with van der Waals surface area (Å²) in [5.41, 5.74) is 9.75. The Kier molecular flexibility index (Phi) is 7.97. The van der Waals surface area contributed by atoms with E-state index >= 15 is 0 Å². The molecule has 1 heterocycles. The first-order valence-electron chi connectivity index (χ1n) is 11.9. The molecule has 188 valence electrons. The molecular formula is C28H32FN4O3+. The molecule has 0 aliphatic carbocycles. The maximum Gasteiger partial charge on any atom is 0.258 e. The summed E-state index contributed by atoms with van der Waals surface area (Å²) in [6, 6.07) is 21.6. The van der Waals surface area contributed by atoms with Crippen LogP contribution in [0.2, 0.25) is 0 Å². The van der Waals surface area contributed by atoms with Crippen LogP contribution in [0.1, 0.15) is 29.2 Å². The highest BCUT2D eigenvalue weighted by Gasteiger charge is 2.29. The Balaban J connectivity index is 1.46. The predicted octanol–water partition coefficient (Wildman–Crippen LogP) is 2.61. The molecule has 8 heteroatoms. The second-order valence-corrected chi connectivity index (χ2v) is 8.98. The Morgan fingerprint density at radius 2 is 1.86 bits per heavy atom. The largest absolute Gasteiger partial charge is 0.487 e. The minimum absolute atomic E-state index is 0.306. The van der Waals surface area contributed by atoms with Gasteiger partial charge in [0.05, 0.1) is 5.56 Å². The van der Waals surface area contributed by atoms with Crippen molar-refractivity contribution in [2.24, 2.45) is 0 Å². The first kappa shape index (κ1) is 25.3. The summed E-state index contributed by atoms with van der Waals surface area (Å²) in [7, 11) is 3.40. The van der Waals surface area contributed by atoms with Crippen LogP contribution in [0.4, 0.5) is 15.8 Å². The van der Waals surface area contributed by atoms with Crippen molar-refractivity contribution in [3.63, 3.8) is 0 Å². The fourth-order valence-electron chi connectivity index (χ4n) is 4.31. The predicted molar refractivity (Wildman–Crippen MR) is 139 cm³/mol. The van der Waals surface area contributed by atoms with Gasteiger partial charge in [-0.15, -0.1) is 0 Å². The van der Waals surface area contributed by atoms with Gasteiger partial charge in [0.2, 0.25) is 5.71 Å². The van der Waals surface area contributed by atoms with Crippen LogP contribution in [-0.2, 0) is 9.53 Å². The van der Waals surface area contributed by atoms with Crippen molar-refractivity contribution in [3.8, 4) is 5.75 Å². The van der Waals surface area contributed by atoms with E-state index in [2.05, 4.69) is 5.32 Å². The third-order valence-corrected chi connectivity index (χ3v) is 6.32. The summed E-state index contributed by atoms with van der Waals surface area (Å²) in [6.45, 7) is 1.17. The quantitative estimate of drug-likeness (QED) is 0.332. The van der Waals surface area contributed by atoms with Gasteiger partial charge in [-0.1, -0.05) is 30.3 Å². The lowest BCUT2D eigenvalue weighted by atomic mass is 10.00. The van der Waals surface area contributed by atoms with Crippen molar-refractivity contribution >= 4 is 23.0 Å². The number of methoxy groups -OCH3 is 1. The molecule has 0 saturated carbocycles. The number of hydrogen-bond donors (Lipinski definition) is 3. The van der Waals surface area contributed by atoms with Crippen molar-refractivity contribution in [2.75, 3.05) is 38.3 Å². The van der Waals surface area contributed by atoms with E-state index in [1.165, 1.54) is 7.11 Å². The van der Waals surface area contributed by atoms with Crippen LogP contribution in [-0.4, -0.2) is 56.0 Å². The van der Waals surface area contributed by atoms with E-state index in [1.807, 2.05) is 54.4 Å². The average molecular weight is 492 g/mol. The molecule has 5 N–H and O–H groups in total. The number of rotatable bonds is 8. The number of piperidine rings is 1. The zero-order chi connectivity index (χ0) is 25.7. The lowest BCUT2D eigenvalue weighted by Gasteiger charge is -2.32. The van der Waals surface area contributed by atoms with Crippen molar-refractivity contribution in [3.05, 3.63) is 89.5 Å². The van der Waals surface area contributed by atoms with Gasteiger partial charge in [-0.3, -0.25) is 10.2 Å². The molecule has 0 aromatic heterocycles. The highest BCUT2D eigenvalue weighted by molar-refractivity contribution is 6.12. The van der Waals surface area contributed by atoms with Crippen molar-refractivity contribution in [1.29, 1.82) is 0 Å². The molecule has 1 fully saturated rings. The number of ether oxygens (including phenoxy) is 2. The molecular weight excluding hydrogens is 459 g/mol. The molecule has 7 nitrogen and oxygen atoms in total.